The lowest BCUT2D eigenvalue weighted by Gasteiger charge is -2.08. The standard InChI is InChI=1S/C36H20OS2/c1-3-13-25-21(9-1)27(31-19-38-33-15-7-5-11-23(31)33)17-29-30-18-28(32-20-39-34-16-8-6-12-24(32)34)22-10-2-4-14-26(22)36(30)37-35(25)29/h1-20H. The van der Waals surface area contributed by atoms with Crippen LogP contribution in [-0.4, -0.2) is 0 Å². The largest absolute Gasteiger partial charge is 0.455 e. The fourth-order valence-corrected chi connectivity index (χ4v) is 8.16. The van der Waals surface area contributed by atoms with E-state index in [1.54, 1.807) is 0 Å². The second-order valence-electron chi connectivity index (χ2n) is 10.1. The lowest BCUT2D eigenvalue weighted by molar-refractivity contribution is 0.676. The Kier molecular flexibility index (Phi) is 4.43. The Bertz CT molecular complexity index is 2230. The van der Waals surface area contributed by atoms with Crippen molar-refractivity contribution in [3.05, 3.63) is 120 Å². The van der Waals surface area contributed by atoms with E-state index in [0.29, 0.717) is 0 Å². The first-order chi connectivity index (χ1) is 19.3. The molecular weight excluding hydrogens is 513 g/mol. The molecule has 9 aromatic rings. The number of furan rings is 1. The molecule has 0 amide bonds. The number of thiophene rings is 2. The molecule has 0 fully saturated rings. The molecule has 0 saturated heterocycles. The van der Waals surface area contributed by atoms with Gasteiger partial charge in [-0.1, -0.05) is 84.9 Å². The van der Waals surface area contributed by atoms with Crippen molar-refractivity contribution >= 4 is 86.3 Å². The van der Waals surface area contributed by atoms with Crippen LogP contribution in [0.25, 0.3) is 85.9 Å². The van der Waals surface area contributed by atoms with E-state index in [9.17, 15) is 0 Å². The van der Waals surface area contributed by atoms with Crippen molar-refractivity contribution in [3.8, 4) is 22.3 Å². The summed E-state index contributed by atoms with van der Waals surface area (Å²) >= 11 is 3.62. The highest BCUT2D eigenvalue weighted by Crippen LogP contribution is 2.47. The topological polar surface area (TPSA) is 13.1 Å². The fraction of sp³-hybridized carbons (Fsp3) is 0. The summed E-state index contributed by atoms with van der Waals surface area (Å²) in [4.78, 5) is 0. The predicted molar refractivity (Wildman–Crippen MR) is 170 cm³/mol. The molecule has 0 aliphatic rings. The Morgan fingerprint density at radius 2 is 0.744 bits per heavy atom. The van der Waals surface area contributed by atoms with Crippen LogP contribution in [0.2, 0.25) is 0 Å². The molecule has 3 heteroatoms. The maximum Gasteiger partial charge on any atom is 0.143 e. The van der Waals surface area contributed by atoms with Crippen molar-refractivity contribution in [2.24, 2.45) is 0 Å². The zero-order chi connectivity index (χ0) is 25.5. The molecule has 0 radical (unpaired) electrons. The Labute approximate surface area is 232 Å². The Morgan fingerprint density at radius 3 is 1.21 bits per heavy atom. The van der Waals surface area contributed by atoms with Gasteiger partial charge in [0.1, 0.15) is 11.2 Å². The zero-order valence-electron chi connectivity index (χ0n) is 20.8. The van der Waals surface area contributed by atoms with Crippen LogP contribution in [0, 0.1) is 0 Å². The highest BCUT2D eigenvalue weighted by atomic mass is 32.1. The average molecular weight is 533 g/mol. The molecule has 3 heterocycles. The summed E-state index contributed by atoms with van der Waals surface area (Å²) in [6.45, 7) is 0. The van der Waals surface area contributed by atoms with Crippen LogP contribution in [0.3, 0.4) is 0 Å². The lowest BCUT2D eigenvalue weighted by Crippen LogP contribution is -1.83. The predicted octanol–water partition coefficient (Wildman–Crippen LogP) is 11.7. The number of fused-ring (bicyclic) bond motifs is 9. The summed E-state index contributed by atoms with van der Waals surface area (Å²) in [5, 5.41) is 14.3. The third kappa shape index (κ3) is 3.00. The van der Waals surface area contributed by atoms with E-state index in [2.05, 4.69) is 120 Å². The number of hydrogen-bond donors (Lipinski definition) is 0. The summed E-state index contributed by atoms with van der Waals surface area (Å²) < 4.78 is 9.43. The van der Waals surface area contributed by atoms with Crippen LogP contribution in [-0.2, 0) is 0 Å². The molecule has 9 rings (SSSR count). The molecule has 6 aromatic carbocycles. The molecule has 3 aromatic heterocycles. The Balaban J connectivity index is 1.45. The first-order valence-corrected chi connectivity index (χ1v) is 14.8. The molecule has 0 N–H and O–H groups in total. The molecule has 39 heavy (non-hydrogen) atoms. The number of hydrogen-bond acceptors (Lipinski definition) is 3. The summed E-state index contributed by atoms with van der Waals surface area (Å²) in [6, 6.07) is 39.5. The van der Waals surface area contributed by atoms with Gasteiger partial charge >= 0.3 is 0 Å². The highest BCUT2D eigenvalue weighted by Gasteiger charge is 2.20. The summed E-state index contributed by atoms with van der Waals surface area (Å²) in [5.41, 5.74) is 7.01. The van der Waals surface area contributed by atoms with Gasteiger partial charge in [-0.15, -0.1) is 22.7 Å². The fourth-order valence-electron chi connectivity index (χ4n) is 6.24. The van der Waals surface area contributed by atoms with Crippen molar-refractivity contribution < 1.29 is 4.42 Å². The first-order valence-electron chi connectivity index (χ1n) is 13.1. The second kappa shape index (κ2) is 8.03. The van der Waals surface area contributed by atoms with E-state index in [-0.39, 0.29) is 0 Å². The maximum absolute atomic E-state index is 6.80. The Hall–Kier alpha value is -4.44. The molecule has 0 saturated carbocycles. The molecule has 0 spiro atoms. The molecular formula is C36H20OS2. The Morgan fingerprint density at radius 1 is 0.359 bits per heavy atom. The van der Waals surface area contributed by atoms with Gasteiger partial charge in [0.2, 0.25) is 0 Å². The third-order valence-electron chi connectivity index (χ3n) is 8.03. The lowest BCUT2D eigenvalue weighted by atomic mass is 9.92. The SMILES string of the molecule is c1ccc2c(-c3cc4c5cc(-c6csc7ccccc67)c6ccccc6c5oc4c4ccccc34)csc2c1. The van der Waals surface area contributed by atoms with E-state index in [4.69, 9.17) is 4.42 Å². The molecule has 0 atom stereocenters. The average Bonchev–Trinajstić information content (AvgIpc) is 3.72. The van der Waals surface area contributed by atoms with Crippen LogP contribution in [0.4, 0.5) is 0 Å². The van der Waals surface area contributed by atoms with E-state index in [0.717, 1.165) is 21.9 Å². The van der Waals surface area contributed by atoms with E-state index < -0.39 is 0 Å². The normalized spacial score (nSPS) is 12.1. The van der Waals surface area contributed by atoms with Crippen LogP contribution in [0.5, 0.6) is 0 Å². The van der Waals surface area contributed by atoms with Gasteiger partial charge in [0.05, 0.1) is 0 Å². The maximum atomic E-state index is 6.80. The molecule has 0 unspecified atom stereocenters. The first kappa shape index (κ1) is 21.5. The summed E-state index contributed by atoms with van der Waals surface area (Å²) in [7, 11) is 0. The summed E-state index contributed by atoms with van der Waals surface area (Å²) in [6.07, 6.45) is 0. The van der Waals surface area contributed by atoms with Crippen LogP contribution in [0.1, 0.15) is 0 Å². The molecule has 0 aliphatic carbocycles. The van der Waals surface area contributed by atoms with Gasteiger partial charge in [-0.05, 0) is 56.9 Å². The smallest absolute Gasteiger partial charge is 0.143 e. The monoisotopic (exact) mass is 532 g/mol. The highest BCUT2D eigenvalue weighted by molar-refractivity contribution is 7.18. The van der Waals surface area contributed by atoms with Crippen LogP contribution >= 0.6 is 22.7 Å². The minimum absolute atomic E-state index is 0.960. The molecule has 0 bridgehead atoms. The van der Waals surface area contributed by atoms with Gasteiger partial charge in [-0.2, -0.15) is 0 Å². The van der Waals surface area contributed by atoms with Crippen molar-refractivity contribution in [3.63, 3.8) is 0 Å². The number of benzene rings is 6. The van der Waals surface area contributed by atoms with Crippen molar-refractivity contribution in [2.45, 2.75) is 0 Å². The van der Waals surface area contributed by atoms with Crippen molar-refractivity contribution in [2.75, 3.05) is 0 Å². The van der Waals surface area contributed by atoms with Gasteiger partial charge in [0.15, 0.2) is 0 Å². The second-order valence-corrected chi connectivity index (χ2v) is 11.9. The van der Waals surface area contributed by atoms with Gasteiger partial charge in [0, 0.05) is 52.8 Å². The van der Waals surface area contributed by atoms with Crippen molar-refractivity contribution in [1.29, 1.82) is 0 Å². The minimum atomic E-state index is 0.960. The summed E-state index contributed by atoms with van der Waals surface area (Å²) in [5.74, 6) is 0. The van der Waals surface area contributed by atoms with E-state index >= 15 is 0 Å². The molecule has 0 aliphatic heterocycles. The van der Waals surface area contributed by atoms with Crippen LogP contribution in [0.15, 0.2) is 124 Å². The van der Waals surface area contributed by atoms with Crippen LogP contribution < -0.4 is 0 Å². The number of rotatable bonds is 2. The van der Waals surface area contributed by atoms with Gasteiger partial charge in [-0.3, -0.25) is 0 Å². The van der Waals surface area contributed by atoms with Gasteiger partial charge in [0.25, 0.3) is 0 Å². The molecule has 182 valence electrons. The quantitative estimate of drug-likeness (QED) is 0.216. The van der Waals surface area contributed by atoms with E-state index in [1.165, 1.54) is 64.0 Å². The minimum Gasteiger partial charge on any atom is -0.455 e. The van der Waals surface area contributed by atoms with E-state index in [1.807, 2.05) is 22.7 Å². The van der Waals surface area contributed by atoms with Gasteiger partial charge in [-0.25, -0.2) is 0 Å². The molecule has 1 nitrogen and oxygen atoms in total. The zero-order valence-corrected chi connectivity index (χ0v) is 22.4. The van der Waals surface area contributed by atoms with Crippen molar-refractivity contribution in [1.82, 2.24) is 0 Å². The third-order valence-corrected chi connectivity index (χ3v) is 9.95. The van der Waals surface area contributed by atoms with Gasteiger partial charge < -0.3 is 4.42 Å².